The Morgan fingerprint density at radius 1 is 0.913 bits per heavy atom. The number of sulfonamides is 1. The molecule has 6 heteroatoms. The third-order valence-corrected chi connectivity index (χ3v) is 4.12. The summed E-state index contributed by atoms with van der Waals surface area (Å²) in [5.74, 6) is 1.37. The van der Waals surface area contributed by atoms with Crippen molar-refractivity contribution in [2.45, 2.75) is 4.90 Å². The van der Waals surface area contributed by atoms with Crippen LogP contribution >= 0.6 is 0 Å². The van der Waals surface area contributed by atoms with E-state index < -0.39 is 10.0 Å². The molecule has 0 saturated carbocycles. The second kappa shape index (κ2) is 6.20. The molecule has 5 nitrogen and oxygen atoms in total. The van der Waals surface area contributed by atoms with Crippen LogP contribution in [-0.2, 0) is 10.0 Å². The third kappa shape index (κ3) is 3.74. The minimum atomic E-state index is -3.68. The molecule has 1 aromatic heterocycles. The zero-order chi connectivity index (χ0) is 16.3. The minimum Gasteiger partial charge on any atom is -0.455 e. The summed E-state index contributed by atoms with van der Waals surface area (Å²) in [6, 6.07) is 19.5. The first kappa shape index (κ1) is 15.2. The van der Waals surface area contributed by atoms with Crippen molar-refractivity contribution >= 4 is 21.9 Å². The topological polar surface area (TPSA) is 85.7 Å². The normalized spacial score (nSPS) is 11.9. The van der Waals surface area contributed by atoms with Crippen LogP contribution in [0.4, 0.5) is 5.69 Å². The highest BCUT2D eigenvalue weighted by molar-refractivity contribution is 7.89. The van der Waals surface area contributed by atoms with Crippen molar-refractivity contribution in [3.05, 3.63) is 72.5 Å². The summed E-state index contributed by atoms with van der Waals surface area (Å²) in [5.41, 5.74) is 1.60. The second-order valence-corrected chi connectivity index (χ2v) is 6.43. The largest absolute Gasteiger partial charge is 0.455 e. The number of furan rings is 1. The van der Waals surface area contributed by atoms with Gasteiger partial charge in [0, 0.05) is 5.56 Å². The molecule has 0 radical (unpaired) electrons. The Kier molecular flexibility index (Phi) is 4.10. The molecule has 116 valence electrons. The first-order chi connectivity index (χ1) is 11.0. The van der Waals surface area contributed by atoms with Crippen molar-refractivity contribution in [3.8, 4) is 11.3 Å². The van der Waals surface area contributed by atoms with Crippen LogP contribution in [0.15, 0.2) is 81.0 Å². The maximum absolute atomic E-state index is 11.2. The summed E-state index contributed by atoms with van der Waals surface area (Å²) in [5, 5.41) is 5.05. The number of hydrogen-bond donors (Lipinski definition) is 1. The first-order valence-corrected chi connectivity index (χ1v) is 8.39. The summed E-state index contributed by atoms with van der Waals surface area (Å²) in [6.07, 6.45) is 1.58. The maximum atomic E-state index is 11.2. The van der Waals surface area contributed by atoms with Crippen LogP contribution in [0.1, 0.15) is 5.76 Å². The SMILES string of the molecule is NS(=O)(=O)c1ccc(N=Cc2ccc(-c3ccccc3)o2)cc1. The maximum Gasteiger partial charge on any atom is 0.238 e. The van der Waals surface area contributed by atoms with Gasteiger partial charge in [-0.2, -0.15) is 0 Å². The number of hydrogen-bond acceptors (Lipinski definition) is 4. The molecule has 0 unspecified atom stereocenters. The molecule has 2 aromatic carbocycles. The van der Waals surface area contributed by atoms with Gasteiger partial charge in [0.25, 0.3) is 0 Å². The predicted octanol–water partition coefficient (Wildman–Crippen LogP) is 3.34. The van der Waals surface area contributed by atoms with E-state index in [1.807, 2.05) is 42.5 Å². The average Bonchev–Trinajstić information content (AvgIpc) is 3.02. The van der Waals surface area contributed by atoms with Gasteiger partial charge in [0.15, 0.2) is 0 Å². The number of nitrogens with two attached hydrogens (primary N) is 1. The van der Waals surface area contributed by atoms with Crippen LogP contribution in [0.3, 0.4) is 0 Å². The number of nitrogens with zero attached hydrogens (tertiary/aromatic N) is 1. The molecule has 0 saturated heterocycles. The Labute approximate surface area is 134 Å². The van der Waals surface area contributed by atoms with Crippen molar-refractivity contribution in [2.24, 2.45) is 10.1 Å². The van der Waals surface area contributed by atoms with Gasteiger partial charge in [-0.15, -0.1) is 0 Å². The number of rotatable bonds is 4. The molecule has 0 fully saturated rings. The van der Waals surface area contributed by atoms with Gasteiger partial charge in [-0.1, -0.05) is 30.3 Å². The molecule has 23 heavy (non-hydrogen) atoms. The summed E-state index contributed by atoms with van der Waals surface area (Å²) in [7, 11) is -3.68. The monoisotopic (exact) mass is 326 g/mol. The Balaban J connectivity index is 1.77. The summed E-state index contributed by atoms with van der Waals surface area (Å²) in [6.45, 7) is 0. The molecule has 0 amide bonds. The highest BCUT2D eigenvalue weighted by Gasteiger charge is 2.06. The number of benzene rings is 2. The lowest BCUT2D eigenvalue weighted by atomic mass is 10.2. The summed E-state index contributed by atoms with van der Waals surface area (Å²) < 4.78 is 28.1. The average molecular weight is 326 g/mol. The van der Waals surface area contributed by atoms with E-state index in [1.165, 1.54) is 12.1 Å². The quantitative estimate of drug-likeness (QED) is 0.746. The van der Waals surface area contributed by atoms with Crippen LogP contribution in [-0.4, -0.2) is 14.6 Å². The highest BCUT2D eigenvalue weighted by atomic mass is 32.2. The van der Waals surface area contributed by atoms with Gasteiger partial charge in [-0.3, -0.25) is 4.99 Å². The predicted molar refractivity (Wildman–Crippen MR) is 89.2 cm³/mol. The van der Waals surface area contributed by atoms with Gasteiger partial charge >= 0.3 is 0 Å². The minimum absolute atomic E-state index is 0.0563. The molecule has 1 heterocycles. The van der Waals surface area contributed by atoms with E-state index in [9.17, 15) is 8.42 Å². The smallest absolute Gasteiger partial charge is 0.238 e. The lowest BCUT2D eigenvalue weighted by Crippen LogP contribution is -2.11. The molecule has 0 atom stereocenters. The van der Waals surface area contributed by atoms with Crippen molar-refractivity contribution in [3.63, 3.8) is 0 Å². The van der Waals surface area contributed by atoms with E-state index in [2.05, 4.69) is 4.99 Å². The molecule has 3 rings (SSSR count). The van der Waals surface area contributed by atoms with E-state index in [1.54, 1.807) is 18.3 Å². The molecule has 3 aromatic rings. The van der Waals surface area contributed by atoms with Crippen LogP contribution in [0.25, 0.3) is 11.3 Å². The van der Waals surface area contributed by atoms with Gasteiger partial charge in [-0.25, -0.2) is 13.6 Å². The van der Waals surface area contributed by atoms with Gasteiger partial charge in [0.2, 0.25) is 10.0 Å². The fourth-order valence-electron chi connectivity index (χ4n) is 2.04. The van der Waals surface area contributed by atoms with Crippen molar-refractivity contribution in [2.75, 3.05) is 0 Å². The number of primary sulfonamides is 1. The highest BCUT2D eigenvalue weighted by Crippen LogP contribution is 2.21. The van der Waals surface area contributed by atoms with Crippen LogP contribution in [0.2, 0.25) is 0 Å². The molecular formula is C17H14N2O3S. The van der Waals surface area contributed by atoms with Crippen molar-refractivity contribution < 1.29 is 12.8 Å². The van der Waals surface area contributed by atoms with Crippen LogP contribution in [0, 0.1) is 0 Å². The fraction of sp³-hybridized carbons (Fsp3) is 0. The second-order valence-electron chi connectivity index (χ2n) is 4.87. The van der Waals surface area contributed by atoms with E-state index in [0.29, 0.717) is 11.4 Å². The molecular weight excluding hydrogens is 312 g/mol. The van der Waals surface area contributed by atoms with Crippen LogP contribution < -0.4 is 5.14 Å². The Bertz CT molecular complexity index is 927. The van der Waals surface area contributed by atoms with Gasteiger partial charge in [-0.05, 0) is 36.4 Å². The molecule has 0 bridgehead atoms. The number of aliphatic imine (C=N–C) groups is 1. The Hall–Kier alpha value is -2.70. The molecule has 0 aliphatic carbocycles. The first-order valence-electron chi connectivity index (χ1n) is 6.84. The fourth-order valence-corrected chi connectivity index (χ4v) is 2.56. The Morgan fingerprint density at radius 3 is 2.26 bits per heavy atom. The van der Waals surface area contributed by atoms with Crippen molar-refractivity contribution in [1.82, 2.24) is 0 Å². The summed E-state index contributed by atoms with van der Waals surface area (Å²) in [4.78, 5) is 4.31. The molecule has 0 spiro atoms. The lowest BCUT2D eigenvalue weighted by Gasteiger charge is -1.98. The zero-order valence-electron chi connectivity index (χ0n) is 12.1. The van der Waals surface area contributed by atoms with Gasteiger partial charge < -0.3 is 4.42 Å². The molecule has 2 N–H and O–H groups in total. The molecule has 0 aliphatic heterocycles. The van der Waals surface area contributed by atoms with Crippen LogP contribution in [0.5, 0.6) is 0 Å². The van der Waals surface area contributed by atoms with E-state index in [4.69, 9.17) is 9.56 Å². The van der Waals surface area contributed by atoms with E-state index in [-0.39, 0.29) is 4.90 Å². The van der Waals surface area contributed by atoms with E-state index in [0.717, 1.165) is 11.3 Å². The standard InChI is InChI=1S/C17H14N2O3S/c18-23(20,21)16-9-6-14(7-10-16)19-12-15-8-11-17(22-15)13-4-2-1-3-5-13/h1-12H,(H2,18,20,21). The van der Waals surface area contributed by atoms with Gasteiger partial charge in [0.1, 0.15) is 11.5 Å². The summed E-state index contributed by atoms with van der Waals surface area (Å²) >= 11 is 0. The molecule has 0 aliphatic rings. The van der Waals surface area contributed by atoms with Crippen molar-refractivity contribution in [1.29, 1.82) is 0 Å². The third-order valence-electron chi connectivity index (χ3n) is 3.19. The zero-order valence-corrected chi connectivity index (χ0v) is 12.9. The van der Waals surface area contributed by atoms with E-state index >= 15 is 0 Å². The Morgan fingerprint density at radius 2 is 1.61 bits per heavy atom. The van der Waals surface area contributed by atoms with Gasteiger partial charge in [0.05, 0.1) is 16.8 Å². The lowest BCUT2D eigenvalue weighted by molar-refractivity contribution is 0.575.